The van der Waals surface area contributed by atoms with E-state index in [9.17, 15) is 22.8 Å². The maximum absolute atomic E-state index is 12.8. The third-order valence-corrected chi connectivity index (χ3v) is 4.11. The zero-order valence-corrected chi connectivity index (χ0v) is 16.9. The number of rotatable bonds is 8. The van der Waals surface area contributed by atoms with Crippen molar-refractivity contribution in [1.29, 1.82) is 0 Å². The fraction of sp³-hybridized carbons (Fsp3) is 0.263. The molecule has 0 saturated carbocycles. The number of halogens is 5. The van der Waals surface area contributed by atoms with Crippen molar-refractivity contribution in [3.05, 3.63) is 58.1 Å². The van der Waals surface area contributed by atoms with Gasteiger partial charge in [-0.25, -0.2) is 9.59 Å². The Kier molecular flexibility index (Phi) is 8.19. The minimum Gasteiger partial charge on any atom is -0.486 e. The second kappa shape index (κ2) is 10.4. The normalized spacial score (nSPS) is 12.1. The van der Waals surface area contributed by atoms with Gasteiger partial charge in [-0.1, -0.05) is 41.4 Å². The molecule has 0 bridgehead atoms. The molecule has 0 saturated heterocycles. The van der Waals surface area contributed by atoms with Crippen molar-refractivity contribution >= 4 is 35.1 Å². The van der Waals surface area contributed by atoms with Gasteiger partial charge >= 0.3 is 18.1 Å². The largest absolute Gasteiger partial charge is 0.486 e. The van der Waals surface area contributed by atoms with E-state index >= 15 is 0 Å². The molecule has 0 aliphatic heterocycles. The van der Waals surface area contributed by atoms with Gasteiger partial charge in [0.2, 0.25) is 6.10 Å². The first-order valence-corrected chi connectivity index (χ1v) is 9.01. The minimum atomic E-state index is -4.65. The lowest BCUT2D eigenvalue weighted by molar-refractivity contribution is -0.162. The van der Waals surface area contributed by atoms with Gasteiger partial charge in [0.1, 0.15) is 12.4 Å². The molecule has 0 spiro atoms. The number of benzene rings is 2. The molecule has 0 fully saturated rings. The molecule has 2 aromatic carbocycles. The number of ether oxygens (including phenoxy) is 4. The summed E-state index contributed by atoms with van der Waals surface area (Å²) in [5, 5.41) is -0.813. The molecule has 0 heterocycles. The Hall–Kier alpha value is -2.65. The van der Waals surface area contributed by atoms with Crippen LogP contribution >= 0.6 is 23.2 Å². The van der Waals surface area contributed by atoms with E-state index in [2.05, 4.69) is 4.74 Å². The lowest BCUT2D eigenvalue weighted by Gasteiger charge is -2.19. The predicted molar refractivity (Wildman–Crippen MR) is 101 cm³/mol. The molecule has 6 nitrogen and oxygen atoms in total. The van der Waals surface area contributed by atoms with Gasteiger partial charge in [-0.15, -0.1) is 0 Å². The Bertz CT molecular complexity index is 867. The van der Waals surface area contributed by atoms with Crippen molar-refractivity contribution in [2.24, 2.45) is 0 Å². The second-order valence-corrected chi connectivity index (χ2v) is 6.50. The molecule has 0 radical (unpaired) electrons. The Labute approximate surface area is 179 Å². The molecule has 30 heavy (non-hydrogen) atoms. The highest BCUT2D eigenvalue weighted by Gasteiger charge is 2.33. The zero-order chi connectivity index (χ0) is 22.3. The quantitative estimate of drug-likeness (QED) is 0.531. The first kappa shape index (κ1) is 23.6. The Balaban J connectivity index is 2.17. The van der Waals surface area contributed by atoms with Gasteiger partial charge in [-0.05, 0) is 24.3 Å². The van der Waals surface area contributed by atoms with Crippen LogP contribution in [0.5, 0.6) is 11.5 Å². The molecule has 1 atom stereocenters. The number of hydrogen-bond donors (Lipinski definition) is 0. The molecule has 0 aromatic heterocycles. The topological polar surface area (TPSA) is 71.1 Å². The molecule has 2 rings (SSSR count). The second-order valence-electron chi connectivity index (χ2n) is 5.68. The van der Waals surface area contributed by atoms with Gasteiger partial charge in [-0.2, -0.15) is 13.2 Å². The number of esters is 2. The first-order valence-electron chi connectivity index (χ1n) is 8.26. The lowest BCUT2D eigenvalue weighted by atomic mass is 10.2. The van der Waals surface area contributed by atoms with Gasteiger partial charge in [0, 0.05) is 0 Å². The Morgan fingerprint density at radius 1 is 1.07 bits per heavy atom. The molecule has 1 unspecified atom stereocenters. The van der Waals surface area contributed by atoms with Crippen LogP contribution in [0.25, 0.3) is 0 Å². The van der Waals surface area contributed by atoms with Crippen molar-refractivity contribution in [2.75, 3.05) is 20.3 Å². The van der Waals surface area contributed by atoms with Crippen LogP contribution in [0.4, 0.5) is 13.2 Å². The van der Waals surface area contributed by atoms with Crippen LogP contribution in [0.3, 0.4) is 0 Å². The number of hydrogen-bond acceptors (Lipinski definition) is 6. The summed E-state index contributed by atoms with van der Waals surface area (Å²) < 4.78 is 58.6. The van der Waals surface area contributed by atoms with E-state index in [1.54, 1.807) is 30.3 Å². The average molecular weight is 467 g/mol. The van der Waals surface area contributed by atoms with Gasteiger partial charge in [0.05, 0.1) is 22.7 Å². The van der Waals surface area contributed by atoms with Crippen LogP contribution in [0.2, 0.25) is 10.0 Å². The molecule has 0 aliphatic rings. The molecular formula is C19H15Cl2F3O6. The fourth-order valence-corrected chi connectivity index (χ4v) is 2.71. The van der Waals surface area contributed by atoms with Crippen LogP contribution in [0.15, 0.2) is 42.5 Å². The Morgan fingerprint density at radius 3 is 2.20 bits per heavy atom. The van der Waals surface area contributed by atoms with Crippen molar-refractivity contribution in [2.45, 2.75) is 12.3 Å². The van der Waals surface area contributed by atoms with E-state index in [1.165, 1.54) is 0 Å². The van der Waals surface area contributed by atoms with Crippen molar-refractivity contribution in [3.8, 4) is 11.5 Å². The third kappa shape index (κ3) is 6.70. The van der Waals surface area contributed by atoms with Gasteiger partial charge < -0.3 is 18.9 Å². The Morgan fingerprint density at radius 2 is 1.67 bits per heavy atom. The standard InChI is InChI=1S/C19H15Cl2F3O6/c1-27-16(25)10-29-18(26)15(30-12-5-3-2-4-6-12)9-28-17-13(20)7-11(8-14(17)21)19(22,23)24/h2-8,15H,9-10H2,1H3. The first-order chi connectivity index (χ1) is 14.1. The number of carbonyl (C=O) groups excluding carboxylic acids is 2. The van der Waals surface area contributed by atoms with Crippen molar-refractivity contribution in [3.63, 3.8) is 0 Å². The zero-order valence-electron chi connectivity index (χ0n) is 15.4. The average Bonchev–Trinajstić information content (AvgIpc) is 2.70. The monoisotopic (exact) mass is 466 g/mol. The predicted octanol–water partition coefficient (Wildman–Crippen LogP) is 4.55. The highest BCUT2D eigenvalue weighted by atomic mass is 35.5. The van der Waals surface area contributed by atoms with Gasteiger partial charge in [0.25, 0.3) is 0 Å². The number of para-hydroxylation sites is 1. The number of methoxy groups -OCH3 is 1. The maximum atomic E-state index is 12.8. The van der Waals surface area contributed by atoms with E-state index in [-0.39, 0.29) is 11.5 Å². The third-order valence-electron chi connectivity index (χ3n) is 3.55. The van der Waals surface area contributed by atoms with Gasteiger partial charge in [-0.3, -0.25) is 0 Å². The van der Waals surface area contributed by atoms with E-state index in [1.807, 2.05) is 0 Å². The van der Waals surface area contributed by atoms with E-state index in [4.69, 9.17) is 37.4 Å². The van der Waals surface area contributed by atoms with Crippen LogP contribution in [0.1, 0.15) is 5.56 Å². The van der Waals surface area contributed by atoms with E-state index in [0.29, 0.717) is 12.1 Å². The van der Waals surface area contributed by atoms with Crippen molar-refractivity contribution in [1.82, 2.24) is 0 Å². The van der Waals surface area contributed by atoms with Crippen LogP contribution < -0.4 is 9.47 Å². The summed E-state index contributed by atoms with van der Waals surface area (Å²) in [4.78, 5) is 23.5. The van der Waals surface area contributed by atoms with Crippen LogP contribution in [-0.4, -0.2) is 38.4 Å². The summed E-state index contributed by atoms with van der Waals surface area (Å²) in [6, 6.07) is 9.41. The smallest absolute Gasteiger partial charge is 0.416 e. The molecule has 162 valence electrons. The lowest BCUT2D eigenvalue weighted by Crippen LogP contribution is -2.36. The highest BCUT2D eigenvalue weighted by molar-refractivity contribution is 6.37. The molecule has 0 aliphatic carbocycles. The summed E-state index contributed by atoms with van der Waals surface area (Å²) in [5.74, 6) is -1.75. The van der Waals surface area contributed by atoms with Crippen LogP contribution in [-0.2, 0) is 25.2 Å². The summed E-state index contributed by atoms with van der Waals surface area (Å²) in [6.07, 6.45) is -6.03. The molecule has 0 amide bonds. The highest BCUT2D eigenvalue weighted by Crippen LogP contribution is 2.40. The minimum absolute atomic E-state index is 0.270. The summed E-state index contributed by atoms with van der Waals surface area (Å²) >= 11 is 11.7. The molecule has 11 heteroatoms. The molecule has 2 aromatic rings. The van der Waals surface area contributed by atoms with E-state index < -0.39 is 53.0 Å². The van der Waals surface area contributed by atoms with Gasteiger partial charge in [0.15, 0.2) is 12.4 Å². The van der Waals surface area contributed by atoms with Crippen LogP contribution in [0, 0.1) is 0 Å². The summed E-state index contributed by atoms with van der Waals surface area (Å²) in [6.45, 7) is -1.18. The maximum Gasteiger partial charge on any atom is 0.416 e. The molecular weight excluding hydrogens is 452 g/mol. The number of alkyl halides is 3. The fourth-order valence-electron chi connectivity index (χ4n) is 2.12. The summed E-state index contributed by atoms with van der Waals surface area (Å²) in [7, 11) is 1.12. The van der Waals surface area contributed by atoms with Crippen molar-refractivity contribution < 1.29 is 41.7 Å². The van der Waals surface area contributed by atoms with E-state index in [0.717, 1.165) is 7.11 Å². The summed E-state index contributed by atoms with van der Waals surface area (Å²) in [5.41, 5.74) is -1.06. The number of carbonyl (C=O) groups is 2. The SMILES string of the molecule is COC(=O)COC(=O)C(COc1c(Cl)cc(C(F)(F)F)cc1Cl)Oc1ccccc1. The molecule has 0 N–H and O–H groups in total.